The molecule has 1 aliphatic rings. The van der Waals surface area contributed by atoms with E-state index in [-0.39, 0.29) is 0 Å². The fraction of sp³-hybridized carbons (Fsp3) is 0.368. The third-order valence-corrected chi connectivity index (χ3v) is 5.62. The van der Waals surface area contributed by atoms with E-state index in [0.717, 1.165) is 19.5 Å². The molecule has 0 saturated carbocycles. The zero-order chi connectivity index (χ0) is 16.2. The first-order valence-electron chi connectivity index (χ1n) is 8.08. The van der Waals surface area contributed by atoms with Crippen molar-refractivity contribution in [2.75, 3.05) is 19.6 Å². The molecule has 1 saturated heterocycles. The van der Waals surface area contributed by atoms with Gasteiger partial charge in [0.05, 0.1) is 10.0 Å². The lowest BCUT2D eigenvalue weighted by Gasteiger charge is -2.27. The summed E-state index contributed by atoms with van der Waals surface area (Å²) in [5, 5.41) is 4.76. The van der Waals surface area contributed by atoms with Crippen LogP contribution in [0.4, 0.5) is 0 Å². The molecular weight excluding hydrogens is 327 g/mol. The zero-order valence-corrected chi connectivity index (χ0v) is 14.5. The van der Waals surface area contributed by atoms with Crippen molar-refractivity contribution in [2.24, 2.45) is 17.6 Å². The molecule has 0 spiro atoms. The van der Waals surface area contributed by atoms with Crippen LogP contribution in [0.15, 0.2) is 48.5 Å². The SMILES string of the molecule is NCC(Cc1ccccc1)C1CNCC1c1ccc(Cl)c(Cl)c1. The van der Waals surface area contributed by atoms with Gasteiger partial charge in [0.1, 0.15) is 0 Å². The van der Waals surface area contributed by atoms with Crippen molar-refractivity contribution in [3.8, 4) is 0 Å². The predicted molar refractivity (Wildman–Crippen MR) is 98.3 cm³/mol. The highest BCUT2D eigenvalue weighted by Crippen LogP contribution is 2.36. The van der Waals surface area contributed by atoms with Gasteiger partial charge in [0.2, 0.25) is 0 Å². The van der Waals surface area contributed by atoms with E-state index in [1.165, 1.54) is 11.1 Å². The van der Waals surface area contributed by atoms with E-state index < -0.39 is 0 Å². The summed E-state index contributed by atoms with van der Waals surface area (Å²) in [6.45, 7) is 2.66. The number of nitrogens with two attached hydrogens (primary N) is 1. The molecule has 1 aliphatic heterocycles. The van der Waals surface area contributed by atoms with Crippen LogP contribution in [0.5, 0.6) is 0 Å². The number of nitrogens with one attached hydrogen (secondary N) is 1. The summed E-state index contributed by atoms with van der Waals surface area (Å²) in [6.07, 6.45) is 1.02. The Kier molecular flexibility index (Phi) is 5.60. The summed E-state index contributed by atoms with van der Waals surface area (Å²) in [7, 11) is 0. The molecule has 0 aromatic heterocycles. The number of benzene rings is 2. The number of hydrogen-bond acceptors (Lipinski definition) is 2. The van der Waals surface area contributed by atoms with Crippen LogP contribution in [0.3, 0.4) is 0 Å². The highest BCUT2D eigenvalue weighted by atomic mass is 35.5. The minimum Gasteiger partial charge on any atom is -0.330 e. The molecule has 0 radical (unpaired) electrons. The van der Waals surface area contributed by atoms with Gasteiger partial charge in [-0.2, -0.15) is 0 Å². The largest absolute Gasteiger partial charge is 0.330 e. The van der Waals surface area contributed by atoms with E-state index in [1.54, 1.807) is 0 Å². The van der Waals surface area contributed by atoms with Gasteiger partial charge < -0.3 is 11.1 Å². The Bertz CT molecular complexity index is 645. The van der Waals surface area contributed by atoms with Gasteiger partial charge in [0.15, 0.2) is 0 Å². The fourth-order valence-corrected chi connectivity index (χ4v) is 3.94. The highest BCUT2D eigenvalue weighted by molar-refractivity contribution is 6.42. The van der Waals surface area contributed by atoms with E-state index in [4.69, 9.17) is 28.9 Å². The van der Waals surface area contributed by atoms with Crippen LogP contribution >= 0.6 is 23.2 Å². The third kappa shape index (κ3) is 3.89. The van der Waals surface area contributed by atoms with Crippen LogP contribution in [0.25, 0.3) is 0 Å². The first kappa shape index (κ1) is 16.8. The fourth-order valence-electron chi connectivity index (χ4n) is 3.63. The molecule has 3 N–H and O–H groups in total. The molecule has 1 heterocycles. The summed E-state index contributed by atoms with van der Waals surface area (Å²) >= 11 is 12.3. The van der Waals surface area contributed by atoms with Crippen molar-refractivity contribution < 1.29 is 0 Å². The molecule has 122 valence electrons. The third-order valence-electron chi connectivity index (χ3n) is 4.88. The first-order chi connectivity index (χ1) is 11.2. The van der Waals surface area contributed by atoms with Crippen molar-refractivity contribution >= 4 is 23.2 Å². The molecule has 23 heavy (non-hydrogen) atoms. The topological polar surface area (TPSA) is 38.0 Å². The van der Waals surface area contributed by atoms with Gasteiger partial charge in [-0.15, -0.1) is 0 Å². The minimum absolute atomic E-state index is 0.432. The van der Waals surface area contributed by atoms with E-state index >= 15 is 0 Å². The molecule has 3 atom stereocenters. The maximum absolute atomic E-state index is 6.21. The summed E-state index contributed by atoms with van der Waals surface area (Å²) in [6, 6.07) is 16.6. The second kappa shape index (κ2) is 7.67. The Morgan fingerprint density at radius 2 is 1.83 bits per heavy atom. The Balaban J connectivity index is 1.80. The molecule has 3 unspecified atom stereocenters. The van der Waals surface area contributed by atoms with Crippen molar-refractivity contribution in [3.63, 3.8) is 0 Å². The standard InChI is InChI=1S/C19H22Cl2N2/c20-18-7-6-14(9-19(18)21)16-11-23-12-17(16)15(10-22)8-13-4-2-1-3-5-13/h1-7,9,15-17,23H,8,10-12,22H2. The molecule has 1 fully saturated rings. The molecular formula is C19H22Cl2N2. The van der Waals surface area contributed by atoms with Crippen LogP contribution < -0.4 is 11.1 Å². The Hall–Kier alpha value is -1.06. The van der Waals surface area contributed by atoms with Gasteiger partial charge in [-0.25, -0.2) is 0 Å². The Morgan fingerprint density at radius 3 is 2.52 bits per heavy atom. The van der Waals surface area contributed by atoms with Crippen molar-refractivity contribution in [1.82, 2.24) is 5.32 Å². The highest BCUT2D eigenvalue weighted by Gasteiger charge is 2.34. The maximum Gasteiger partial charge on any atom is 0.0595 e. The van der Waals surface area contributed by atoms with E-state index in [1.807, 2.05) is 12.1 Å². The Morgan fingerprint density at radius 1 is 1.04 bits per heavy atom. The van der Waals surface area contributed by atoms with Crippen LogP contribution in [-0.4, -0.2) is 19.6 Å². The number of hydrogen-bond donors (Lipinski definition) is 2. The Labute approximate surface area is 148 Å². The van der Waals surface area contributed by atoms with Gasteiger partial charge in [-0.05, 0) is 54.6 Å². The lowest BCUT2D eigenvalue weighted by molar-refractivity contribution is 0.334. The van der Waals surface area contributed by atoms with E-state index in [9.17, 15) is 0 Å². The molecule has 0 aliphatic carbocycles. The van der Waals surface area contributed by atoms with Crippen LogP contribution in [0, 0.1) is 11.8 Å². The predicted octanol–water partition coefficient (Wildman–Crippen LogP) is 4.11. The average Bonchev–Trinajstić information content (AvgIpc) is 3.05. The monoisotopic (exact) mass is 348 g/mol. The normalized spacial score (nSPS) is 22.2. The molecule has 2 nitrogen and oxygen atoms in total. The van der Waals surface area contributed by atoms with E-state index in [0.29, 0.717) is 34.3 Å². The van der Waals surface area contributed by atoms with Crippen molar-refractivity contribution in [3.05, 3.63) is 69.7 Å². The lowest BCUT2D eigenvalue weighted by atomic mass is 9.77. The molecule has 3 rings (SSSR count). The molecule has 0 amide bonds. The van der Waals surface area contributed by atoms with Crippen molar-refractivity contribution in [1.29, 1.82) is 0 Å². The van der Waals surface area contributed by atoms with Gasteiger partial charge in [-0.3, -0.25) is 0 Å². The molecule has 2 aromatic carbocycles. The smallest absolute Gasteiger partial charge is 0.0595 e. The lowest BCUT2D eigenvalue weighted by Crippen LogP contribution is -2.30. The van der Waals surface area contributed by atoms with Crippen LogP contribution in [0.2, 0.25) is 10.0 Å². The van der Waals surface area contributed by atoms with Gasteiger partial charge >= 0.3 is 0 Å². The van der Waals surface area contributed by atoms with Crippen LogP contribution in [0.1, 0.15) is 17.0 Å². The summed E-state index contributed by atoms with van der Waals surface area (Å²) in [5.74, 6) is 1.39. The molecule has 0 bridgehead atoms. The number of halogens is 2. The van der Waals surface area contributed by atoms with Gasteiger partial charge in [0, 0.05) is 12.5 Å². The van der Waals surface area contributed by atoms with Gasteiger partial charge in [-0.1, -0.05) is 59.6 Å². The number of rotatable bonds is 5. The average molecular weight is 349 g/mol. The van der Waals surface area contributed by atoms with Crippen molar-refractivity contribution in [2.45, 2.75) is 12.3 Å². The summed E-state index contributed by atoms with van der Waals surface area (Å²) in [5.41, 5.74) is 8.72. The van der Waals surface area contributed by atoms with Crippen LogP contribution in [-0.2, 0) is 6.42 Å². The maximum atomic E-state index is 6.21. The quantitative estimate of drug-likeness (QED) is 0.852. The second-order valence-electron chi connectivity index (χ2n) is 6.29. The molecule has 2 aromatic rings. The first-order valence-corrected chi connectivity index (χ1v) is 8.84. The zero-order valence-electron chi connectivity index (χ0n) is 13.0. The second-order valence-corrected chi connectivity index (χ2v) is 7.10. The minimum atomic E-state index is 0.432. The van der Waals surface area contributed by atoms with Gasteiger partial charge in [0.25, 0.3) is 0 Å². The summed E-state index contributed by atoms with van der Waals surface area (Å²) in [4.78, 5) is 0. The molecule has 4 heteroatoms. The van der Waals surface area contributed by atoms with E-state index in [2.05, 4.69) is 41.7 Å². The summed E-state index contributed by atoms with van der Waals surface area (Å²) < 4.78 is 0.